The van der Waals surface area contributed by atoms with Gasteiger partial charge in [0.25, 0.3) is 0 Å². The minimum absolute atomic E-state index is 0.0403. The first-order chi connectivity index (χ1) is 12.0. The molecular formula is C17H22N4O2S2. The molecule has 0 unspecified atom stereocenters. The van der Waals surface area contributed by atoms with E-state index in [1.54, 1.807) is 0 Å². The van der Waals surface area contributed by atoms with E-state index >= 15 is 0 Å². The summed E-state index contributed by atoms with van der Waals surface area (Å²) >= 11 is 2.60. The van der Waals surface area contributed by atoms with E-state index in [4.69, 9.17) is 0 Å². The summed E-state index contributed by atoms with van der Waals surface area (Å²) in [7, 11) is 0. The predicted molar refractivity (Wildman–Crippen MR) is 102 cm³/mol. The zero-order valence-corrected chi connectivity index (χ0v) is 16.0. The number of amides is 2. The summed E-state index contributed by atoms with van der Waals surface area (Å²) in [6.45, 7) is 4.57. The van der Waals surface area contributed by atoms with Crippen LogP contribution >= 0.6 is 23.1 Å². The summed E-state index contributed by atoms with van der Waals surface area (Å²) in [6, 6.07) is 10.0. The smallest absolute Gasteiger partial charge is 0.230 e. The van der Waals surface area contributed by atoms with Gasteiger partial charge in [0.2, 0.25) is 16.9 Å². The Kier molecular flexibility index (Phi) is 7.87. The normalized spacial score (nSPS) is 10.7. The molecule has 2 amide bonds. The fourth-order valence-corrected chi connectivity index (χ4v) is 3.63. The van der Waals surface area contributed by atoms with Crippen LogP contribution in [0.1, 0.15) is 25.8 Å². The first-order valence-corrected chi connectivity index (χ1v) is 9.90. The number of rotatable bonds is 9. The lowest BCUT2D eigenvalue weighted by atomic mass is 10.1. The SMILES string of the molecule is CC(C)CC(=O)Nc1nnc(SCC(=O)NCCc2ccccc2)s1. The van der Waals surface area contributed by atoms with Crippen molar-refractivity contribution in [2.24, 2.45) is 5.92 Å². The molecule has 0 atom stereocenters. The summed E-state index contributed by atoms with van der Waals surface area (Å²) < 4.78 is 0.665. The van der Waals surface area contributed by atoms with Crippen molar-refractivity contribution in [2.75, 3.05) is 17.6 Å². The van der Waals surface area contributed by atoms with Gasteiger partial charge >= 0.3 is 0 Å². The lowest BCUT2D eigenvalue weighted by molar-refractivity contribution is -0.118. The summed E-state index contributed by atoms with van der Waals surface area (Å²) in [5, 5.41) is 14.0. The summed E-state index contributed by atoms with van der Waals surface area (Å²) in [5.41, 5.74) is 1.20. The minimum atomic E-state index is -0.0682. The van der Waals surface area contributed by atoms with Crippen molar-refractivity contribution in [3.8, 4) is 0 Å². The molecule has 0 aliphatic carbocycles. The molecule has 2 rings (SSSR count). The number of hydrogen-bond acceptors (Lipinski definition) is 6. The molecule has 0 fully saturated rings. The van der Waals surface area contributed by atoms with Crippen LogP contribution in [0.4, 0.5) is 5.13 Å². The zero-order valence-electron chi connectivity index (χ0n) is 14.3. The van der Waals surface area contributed by atoms with Crippen LogP contribution in [-0.4, -0.2) is 34.3 Å². The third-order valence-electron chi connectivity index (χ3n) is 3.15. The molecule has 2 N–H and O–H groups in total. The van der Waals surface area contributed by atoms with E-state index in [0.29, 0.717) is 28.4 Å². The standard InChI is InChI=1S/C17H22N4O2S2/c1-12(2)10-14(22)19-16-20-21-17(25-16)24-11-15(23)18-9-8-13-6-4-3-5-7-13/h3-7,12H,8-11H2,1-2H3,(H,18,23)(H,19,20,22). The maximum atomic E-state index is 11.9. The van der Waals surface area contributed by atoms with E-state index in [1.165, 1.54) is 28.7 Å². The fraction of sp³-hybridized carbons (Fsp3) is 0.412. The summed E-state index contributed by atoms with van der Waals surface area (Å²) in [5.74, 6) is 0.466. The third kappa shape index (κ3) is 7.66. The Labute approximate surface area is 155 Å². The van der Waals surface area contributed by atoms with Gasteiger partial charge in [-0.25, -0.2) is 0 Å². The molecule has 0 saturated carbocycles. The number of aromatic nitrogens is 2. The largest absolute Gasteiger partial charge is 0.355 e. The van der Waals surface area contributed by atoms with E-state index in [2.05, 4.69) is 20.8 Å². The molecule has 0 saturated heterocycles. The monoisotopic (exact) mass is 378 g/mol. The maximum Gasteiger partial charge on any atom is 0.230 e. The summed E-state index contributed by atoms with van der Waals surface area (Å²) in [4.78, 5) is 23.6. The number of nitrogens with one attached hydrogen (secondary N) is 2. The van der Waals surface area contributed by atoms with Crippen molar-refractivity contribution >= 4 is 40.0 Å². The molecule has 134 valence electrons. The minimum Gasteiger partial charge on any atom is -0.355 e. The van der Waals surface area contributed by atoms with Gasteiger partial charge in [-0.3, -0.25) is 9.59 Å². The Balaban J connectivity index is 1.67. The third-order valence-corrected chi connectivity index (χ3v) is 5.12. The van der Waals surface area contributed by atoms with Crippen LogP contribution in [0, 0.1) is 5.92 Å². The Morgan fingerprint density at radius 1 is 1.16 bits per heavy atom. The Morgan fingerprint density at radius 2 is 1.92 bits per heavy atom. The highest BCUT2D eigenvalue weighted by atomic mass is 32.2. The highest BCUT2D eigenvalue weighted by Crippen LogP contribution is 2.25. The number of carbonyl (C=O) groups excluding carboxylic acids is 2. The van der Waals surface area contributed by atoms with Crippen LogP contribution in [0.25, 0.3) is 0 Å². The van der Waals surface area contributed by atoms with Crippen molar-refractivity contribution in [3.05, 3.63) is 35.9 Å². The van der Waals surface area contributed by atoms with Gasteiger partial charge in [0.15, 0.2) is 4.34 Å². The zero-order chi connectivity index (χ0) is 18.1. The number of benzene rings is 1. The Morgan fingerprint density at radius 3 is 2.64 bits per heavy atom. The van der Waals surface area contributed by atoms with Gasteiger partial charge in [0.1, 0.15) is 0 Å². The topological polar surface area (TPSA) is 84.0 Å². The van der Waals surface area contributed by atoms with Crippen molar-refractivity contribution in [3.63, 3.8) is 0 Å². The molecule has 2 aromatic rings. The molecule has 8 heteroatoms. The molecule has 1 aromatic heterocycles. The molecule has 6 nitrogen and oxygen atoms in total. The van der Waals surface area contributed by atoms with Crippen LogP contribution in [-0.2, 0) is 16.0 Å². The fourth-order valence-electron chi connectivity index (χ4n) is 2.03. The van der Waals surface area contributed by atoms with E-state index in [-0.39, 0.29) is 17.6 Å². The van der Waals surface area contributed by atoms with Gasteiger partial charge in [-0.1, -0.05) is 67.3 Å². The molecule has 0 bridgehead atoms. The van der Waals surface area contributed by atoms with Gasteiger partial charge in [-0.2, -0.15) is 0 Å². The molecule has 0 radical (unpaired) electrons. The highest BCUT2D eigenvalue weighted by Gasteiger charge is 2.11. The first-order valence-electron chi connectivity index (χ1n) is 8.09. The Hall–Kier alpha value is -1.93. The van der Waals surface area contributed by atoms with Crippen LogP contribution in [0.15, 0.2) is 34.7 Å². The van der Waals surface area contributed by atoms with Crippen molar-refractivity contribution in [2.45, 2.75) is 31.0 Å². The maximum absolute atomic E-state index is 11.9. The van der Waals surface area contributed by atoms with Gasteiger partial charge < -0.3 is 10.6 Å². The first kappa shape index (κ1) is 19.4. The number of hydrogen-bond donors (Lipinski definition) is 2. The molecule has 0 aliphatic rings. The van der Waals surface area contributed by atoms with Gasteiger partial charge in [0.05, 0.1) is 5.75 Å². The Bertz CT molecular complexity index is 689. The second-order valence-corrected chi connectivity index (χ2v) is 8.09. The highest BCUT2D eigenvalue weighted by molar-refractivity contribution is 8.01. The average Bonchev–Trinajstić information content (AvgIpc) is 3.00. The van der Waals surface area contributed by atoms with Gasteiger partial charge in [0, 0.05) is 13.0 Å². The predicted octanol–water partition coefficient (Wildman–Crippen LogP) is 2.97. The quantitative estimate of drug-likeness (QED) is 0.518. The second-order valence-electron chi connectivity index (χ2n) is 5.89. The number of thioether (sulfide) groups is 1. The van der Waals surface area contributed by atoms with E-state index in [0.717, 1.165) is 6.42 Å². The van der Waals surface area contributed by atoms with Crippen LogP contribution in [0.5, 0.6) is 0 Å². The molecular weight excluding hydrogens is 356 g/mol. The molecule has 0 spiro atoms. The molecule has 1 heterocycles. The van der Waals surface area contributed by atoms with Crippen molar-refractivity contribution < 1.29 is 9.59 Å². The van der Waals surface area contributed by atoms with E-state index in [9.17, 15) is 9.59 Å². The number of nitrogens with zero attached hydrogens (tertiary/aromatic N) is 2. The molecule has 25 heavy (non-hydrogen) atoms. The summed E-state index contributed by atoms with van der Waals surface area (Å²) in [6.07, 6.45) is 1.26. The second kappa shape index (κ2) is 10.1. The average molecular weight is 379 g/mol. The van der Waals surface area contributed by atoms with Crippen LogP contribution in [0.2, 0.25) is 0 Å². The van der Waals surface area contributed by atoms with Crippen LogP contribution in [0.3, 0.4) is 0 Å². The van der Waals surface area contributed by atoms with E-state index < -0.39 is 0 Å². The number of carbonyl (C=O) groups is 2. The van der Waals surface area contributed by atoms with Gasteiger partial charge in [-0.15, -0.1) is 10.2 Å². The lowest BCUT2D eigenvalue weighted by Gasteiger charge is -2.04. The van der Waals surface area contributed by atoms with Crippen molar-refractivity contribution in [1.29, 1.82) is 0 Å². The van der Waals surface area contributed by atoms with Gasteiger partial charge in [-0.05, 0) is 17.9 Å². The van der Waals surface area contributed by atoms with Crippen LogP contribution < -0.4 is 10.6 Å². The van der Waals surface area contributed by atoms with E-state index in [1.807, 2.05) is 44.2 Å². The molecule has 0 aliphatic heterocycles. The lowest BCUT2D eigenvalue weighted by Crippen LogP contribution is -2.27. The number of anilines is 1. The van der Waals surface area contributed by atoms with Crippen molar-refractivity contribution in [1.82, 2.24) is 15.5 Å². The molecule has 1 aromatic carbocycles.